The maximum absolute atomic E-state index is 13.7. The molecule has 0 saturated heterocycles. The smallest absolute Gasteiger partial charge is 0.371 e. The summed E-state index contributed by atoms with van der Waals surface area (Å²) in [6.07, 6.45) is 5.14. The van der Waals surface area contributed by atoms with Gasteiger partial charge in [0.25, 0.3) is 5.91 Å². The maximum atomic E-state index is 13.7. The van der Waals surface area contributed by atoms with Gasteiger partial charge < -0.3 is 15.2 Å². The Kier molecular flexibility index (Phi) is 6.45. The van der Waals surface area contributed by atoms with Crippen LogP contribution in [0.5, 0.6) is 0 Å². The van der Waals surface area contributed by atoms with Crippen molar-refractivity contribution in [1.82, 2.24) is 29.8 Å². The summed E-state index contributed by atoms with van der Waals surface area (Å²) in [6.45, 7) is 3.97. The zero-order valence-electron chi connectivity index (χ0n) is 20.4. The fraction of sp³-hybridized carbons (Fsp3) is 0.154. The number of aryl methyl sites for hydroxylation is 2. The average Bonchev–Trinajstić information content (AvgIpc) is 3.57. The zero-order valence-corrected chi connectivity index (χ0v) is 20.4. The van der Waals surface area contributed by atoms with Crippen molar-refractivity contribution in [2.24, 2.45) is 0 Å². The highest BCUT2D eigenvalue weighted by atomic mass is 19.4. The predicted molar refractivity (Wildman–Crippen MR) is 136 cm³/mol. The molecule has 1 aliphatic heterocycles. The fourth-order valence-corrected chi connectivity index (χ4v) is 4.10. The molecule has 0 atom stereocenters. The number of nitrogens with zero attached hydrogens (tertiary/aromatic N) is 6. The van der Waals surface area contributed by atoms with Gasteiger partial charge in [-0.05, 0) is 55.8 Å². The van der Waals surface area contributed by atoms with Gasteiger partial charge in [0, 0.05) is 48.4 Å². The number of hydrazine groups is 1. The summed E-state index contributed by atoms with van der Waals surface area (Å²) in [5.41, 5.74) is 1.09. The highest BCUT2D eigenvalue weighted by Crippen LogP contribution is 2.36. The lowest BCUT2D eigenvalue weighted by atomic mass is 10.1. The van der Waals surface area contributed by atoms with Gasteiger partial charge in [-0.3, -0.25) is 9.80 Å². The van der Waals surface area contributed by atoms with Gasteiger partial charge in [0.15, 0.2) is 0 Å². The van der Waals surface area contributed by atoms with Crippen molar-refractivity contribution in [3.05, 3.63) is 102 Å². The molecule has 1 amide bonds. The monoisotopic (exact) mass is 520 g/mol. The number of hydrogen-bond donors (Lipinski definition) is 2. The number of aromatic nitrogens is 4. The SMILES string of the molecule is Cc1ccc(C(=O)Nc2ccc(C(F)(F)F)c(-n3ccnc3C)c2)cc1N(c1ncccn1)N1C=CNC1. The number of hydrogen-bond acceptors (Lipinski definition) is 7. The van der Waals surface area contributed by atoms with Crippen LogP contribution in [0.1, 0.15) is 27.3 Å². The molecule has 0 spiro atoms. The minimum Gasteiger partial charge on any atom is -0.371 e. The molecule has 12 heteroatoms. The summed E-state index contributed by atoms with van der Waals surface area (Å²) >= 11 is 0. The number of imidazole rings is 1. The molecule has 194 valence electrons. The van der Waals surface area contributed by atoms with E-state index in [1.807, 2.05) is 18.1 Å². The van der Waals surface area contributed by atoms with Crippen molar-refractivity contribution in [2.75, 3.05) is 17.0 Å². The van der Waals surface area contributed by atoms with Crippen LogP contribution in [0.25, 0.3) is 5.69 Å². The lowest BCUT2D eigenvalue weighted by Crippen LogP contribution is -2.38. The fourth-order valence-electron chi connectivity index (χ4n) is 4.10. The van der Waals surface area contributed by atoms with Gasteiger partial charge >= 0.3 is 6.18 Å². The minimum absolute atomic E-state index is 0.129. The van der Waals surface area contributed by atoms with Gasteiger partial charge in [-0.15, -0.1) is 0 Å². The predicted octanol–water partition coefficient (Wildman–Crippen LogP) is 4.94. The molecule has 0 aliphatic carbocycles. The van der Waals surface area contributed by atoms with Crippen LogP contribution in [0.2, 0.25) is 0 Å². The lowest BCUT2D eigenvalue weighted by molar-refractivity contribution is -0.137. The summed E-state index contributed by atoms with van der Waals surface area (Å²) < 4.78 is 42.5. The van der Waals surface area contributed by atoms with Gasteiger partial charge in [-0.1, -0.05) is 6.07 Å². The van der Waals surface area contributed by atoms with Crippen molar-refractivity contribution < 1.29 is 18.0 Å². The first-order chi connectivity index (χ1) is 18.2. The molecule has 0 bridgehead atoms. The number of alkyl halides is 3. The summed E-state index contributed by atoms with van der Waals surface area (Å²) in [5, 5.41) is 9.46. The molecule has 2 aromatic carbocycles. The summed E-state index contributed by atoms with van der Waals surface area (Å²) in [5.74, 6) is 0.309. The quantitative estimate of drug-likeness (QED) is 0.372. The van der Waals surface area contributed by atoms with Crippen LogP contribution in [-0.2, 0) is 6.18 Å². The molecule has 5 rings (SSSR count). The number of nitrogens with one attached hydrogen (secondary N) is 2. The number of amides is 1. The molecule has 2 N–H and O–H groups in total. The molecule has 0 radical (unpaired) electrons. The molecule has 4 aromatic rings. The molecule has 0 unspecified atom stereocenters. The Bertz CT molecular complexity index is 1500. The van der Waals surface area contributed by atoms with Crippen LogP contribution in [0, 0.1) is 13.8 Å². The first-order valence-electron chi connectivity index (χ1n) is 11.6. The van der Waals surface area contributed by atoms with E-state index in [1.54, 1.807) is 54.8 Å². The molecule has 0 fully saturated rings. The van der Waals surface area contributed by atoms with Crippen molar-refractivity contribution in [3.63, 3.8) is 0 Å². The molecule has 3 heterocycles. The molecule has 9 nitrogen and oxygen atoms in total. The van der Waals surface area contributed by atoms with E-state index in [9.17, 15) is 18.0 Å². The summed E-state index contributed by atoms with van der Waals surface area (Å²) in [4.78, 5) is 26.0. The Morgan fingerprint density at radius 1 is 1.05 bits per heavy atom. The third-order valence-electron chi connectivity index (χ3n) is 5.96. The topological polar surface area (TPSA) is 91.2 Å². The summed E-state index contributed by atoms with van der Waals surface area (Å²) in [7, 11) is 0. The van der Waals surface area contributed by atoms with Crippen LogP contribution in [0.4, 0.5) is 30.5 Å². The van der Waals surface area contributed by atoms with Crippen LogP contribution in [0.3, 0.4) is 0 Å². The van der Waals surface area contributed by atoms with Gasteiger partial charge in [0.05, 0.1) is 16.9 Å². The molecule has 0 saturated carbocycles. The molecule has 2 aromatic heterocycles. The van der Waals surface area contributed by atoms with Gasteiger partial charge in [-0.2, -0.15) is 13.2 Å². The van der Waals surface area contributed by atoms with Crippen molar-refractivity contribution in [1.29, 1.82) is 0 Å². The number of halogens is 3. The van der Waals surface area contributed by atoms with Crippen LogP contribution < -0.4 is 15.6 Å². The number of rotatable bonds is 6. The normalized spacial score (nSPS) is 12.9. The van der Waals surface area contributed by atoms with E-state index in [1.165, 1.54) is 29.1 Å². The van der Waals surface area contributed by atoms with Crippen LogP contribution in [-0.4, -0.2) is 37.1 Å². The number of carbonyl (C=O) groups is 1. The first-order valence-corrected chi connectivity index (χ1v) is 11.6. The van der Waals surface area contributed by atoms with Crippen molar-refractivity contribution >= 4 is 23.2 Å². The van der Waals surface area contributed by atoms with E-state index in [-0.39, 0.29) is 11.4 Å². The van der Waals surface area contributed by atoms with E-state index in [4.69, 9.17) is 0 Å². The van der Waals surface area contributed by atoms with Crippen LogP contribution in [0.15, 0.2) is 79.7 Å². The van der Waals surface area contributed by atoms with E-state index in [0.717, 1.165) is 11.6 Å². The van der Waals surface area contributed by atoms with Crippen molar-refractivity contribution in [2.45, 2.75) is 20.0 Å². The van der Waals surface area contributed by atoms with Gasteiger partial charge in [-0.25, -0.2) is 20.0 Å². The standard InChI is InChI=1S/C26H23F3N8O/c1-17-4-5-19(14-22(17)37(35-12-10-30-16-35)25-32-8-3-9-33-25)24(38)34-20-6-7-21(26(27,28)29)23(15-20)36-13-11-31-18(36)2/h3-15,30H,16H2,1-2H3,(H,34,38). The average molecular weight is 521 g/mol. The Morgan fingerprint density at radius 2 is 1.84 bits per heavy atom. The Morgan fingerprint density at radius 3 is 2.50 bits per heavy atom. The van der Waals surface area contributed by atoms with E-state index in [0.29, 0.717) is 29.7 Å². The minimum atomic E-state index is -4.58. The Balaban J connectivity index is 1.49. The lowest BCUT2D eigenvalue weighted by Gasteiger charge is -2.32. The van der Waals surface area contributed by atoms with E-state index < -0.39 is 17.6 Å². The molecular formula is C26H23F3N8O. The first kappa shape index (κ1) is 24.8. The Labute approximate surface area is 216 Å². The summed E-state index contributed by atoms with van der Waals surface area (Å²) in [6, 6.07) is 10.3. The number of benzene rings is 2. The van der Waals surface area contributed by atoms with E-state index in [2.05, 4.69) is 25.6 Å². The number of anilines is 3. The highest BCUT2D eigenvalue weighted by molar-refractivity contribution is 6.05. The van der Waals surface area contributed by atoms with Crippen LogP contribution >= 0.6 is 0 Å². The zero-order chi connectivity index (χ0) is 26.9. The third kappa shape index (κ3) is 4.88. The number of carbonyl (C=O) groups excluding carboxylic acids is 1. The van der Waals surface area contributed by atoms with Gasteiger partial charge in [0.1, 0.15) is 12.5 Å². The highest BCUT2D eigenvalue weighted by Gasteiger charge is 2.34. The molecular weight excluding hydrogens is 497 g/mol. The second-order valence-electron chi connectivity index (χ2n) is 8.51. The second-order valence-corrected chi connectivity index (χ2v) is 8.51. The third-order valence-corrected chi connectivity index (χ3v) is 5.96. The van der Waals surface area contributed by atoms with Crippen molar-refractivity contribution in [3.8, 4) is 5.69 Å². The van der Waals surface area contributed by atoms with E-state index >= 15 is 0 Å². The Hall–Kier alpha value is -4.87. The maximum Gasteiger partial charge on any atom is 0.418 e. The molecule has 1 aliphatic rings. The largest absolute Gasteiger partial charge is 0.418 e. The second kappa shape index (κ2) is 9.88. The van der Waals surface area contributed by atoms with Gasteiger partial charge in [0.2, 0.25) is 5.95 Å². The molecule has 38 heavy (non-hydrogen) atoms.